The van der Waals surface area contributed by atoms with Crippen molar-refractivity contribution in [3.8, 4) is 0 Å². The van der Waals surface area contributed by atoms with E-state index in [2.05, 4.69) is 44.7 Å². The molecular formula is C23H27N5OS. The van der Waals surface area contributed by atoms with Gasteiger partial charge >= 0.3 is 0 Å². The lowest BCUT2D eigenvalue weighted by atomic mass is 10.1. The number of amides is 1. The topological polar surface area (TPSA) is 63.1 Å². The van der Waals surface area contributed by atoms with E-state index in [-0.39, 0.29) is 5.91 Å². The number of hydrogen-bond acceptors (Lipinski definition) is 5. The molecule has 6 nitrogen and oxygen atoms in total. The van der Waals surface area contributed by atoms with Crippen LogP contribution in [0, 0.1) is 13.8 Å². The molecule has 2 aromatic carbocycles. The van der Waals surface area contributed by atoms with Crippen molar-refractivity contribution in [1.82, 2.24) is 14.8 Å². The van der Waals surface area contributed by atoms with Gasteiger partial charge in [-0.3, -0.25) is 4.79 Å². The number of benzene rings is 2. The Morgan fingerprint density at radius 3 is 2.57 bits per heavy atom. The second kappa shape index (κ2) is 9.34. The average Bonchev–Trinajstić information content (AvgIpc) is 3.40. The van der Waals surface area contributed by atoms with Gasteiger partial charge in [0.2, 0.25) is 5.91 Å². The van der Waals surface area contributed by atoms with E-state index in [1.165, 1.54) is 35.9 Å². The Bertz CT molecular complexity index is 1010. The molecule has 1 aromatic heterocycles. The van der Waals surface area contributed by atoms with Crippen LogP contribution in [0.3, 0.4) is 0 Å². The Labute approximate surface area is 181 Å². The lowest BCUT2D eigenvalue weighted by Gasteiger charge is -2.19. The van der Waals surface area contributed by atoms with E-state index in [9.17, 15) is 4.79 Å². The normalized spacial score (nSPS) is 13.6. The number of nitrogens with zero attached hydrogens (tertiary/aromatic N) is 4. The highest BCUT2D eigenvalue weighted by molar-refractivity contribution is 7.99. The largest absolute Gasteiger partial charge is 0.372 e. The standard InChI is InChI=1S/C23H27N5OS/c1-17-14-20(27-12-6-7-13-27)10-11-21(17)24-22(29)16-30-23-26-25-18(2)28(23)15-19-8-4-3-5-9-19/h3-5,8-11,14H,6-7,12-13,15-16H2,1-2H3,(H,24,29). The zero-order valence-corrected chi connectivity index (χ0v) is 18.3. The maximum Gasteiger partial charge on any atom is 0.234 e. The highest BCUT2D eigenvalue weighted by Crippen LogP contribution is 2.26. The Kier molecular flexibility index (Phi) is 6.38. The summed E-state index contributed by atoms with van der Waals surface area (Å²) in [4.78, 5) is 15.0. The van der Waals surface area contributed by atoms with Gasteiger partial charge in [0.1, 0.15) is 5.82 Å². The third-order valence-electron chi connectivity index (χ3n) is 5.37. The Morgan fingerprint density at radius 2 is 1.83 bits per heavy atom. The number of rotatable bonds is 7. The molecular weight excluding hydrogens is 394 g/mol. The first-order chi connectivity index (χ1) is 14.6. The molecule has 30 heavy (non-hydrogen) atoms. The summed E-state index contributed by atoms with van der Waals surface area (Å²) in [5.41, 5.74) is 4.37. The zero-order valence-electron chi connectivity index (χ0n) is 17.5. The molecule has 0 aliphatic carbocycles. The number of thioether (sulfide) groups is 1. The molecule has 156 valence electrons. The van der Waals surface area contributed by atoms with E-state index in [1.807, 2.05) is 42.7 Å². The van der Waals surface area contributed by atoms with E-state index in [4.69, 9.17) is 0 Å². The third kappa shape index (κ3) is 4.84. The van der Waals surface area contributed by atoms with E-state index in [1.54, 1.807) is 0 Å². The van der Waals surface area contributed by atoms with Crippen molar-refractivity contribution in [3.63, 3.8) is 0 Å². The van der Waals surface area contributed by atoms with Crippen LogP contribution in [-0.2, 0) is 11.3 Å². The SMILES string of the molecule is Cc1cc(N2CCCC2)ccc1NC(=O)CSc1nnc(C)n1Cc1ccccc1. The monoisotopic (exact) mass is 421 g/mol. The summed E-state index contributed by atoms with van der Waals surface area (Å²) in [6.45, 7) is 6.91. The van der Waals surface area contributed by atoms with Crippen LogP contribution in [0.2, 0.25) is 0 Å². The molecule has 1 aliphatic rings. The van der Waals surface area contributed by atoms with Gasteiger partial charge in [0.15, 0.2) is 5.16 Å². The van der Waals surface area contributed by atoms with Crippen LogP contribution in [0.1, 0.15) is 29.8 Å². The van der Waals surface area contributed by atoms with E-state index in [0.29, 0.717) is 12.3 Å². The Hall–Kier alpha value is -2.80. The van der Waals surface area contributed by atoms with Crippen LogP contribution >= 0.6 is 11.8 Å². The number of nitrogens with one attached hydrogen (secondary N) is 1. The minimum Gasteiger partial charge on any atom is -0.372 e. The van der Waals surface area contributed by atoms with E-state index < -0.39 is 0 Å². The predicted octanol–water partition coefficient (Wildman–Crippen LogP) is 4.27. The van der Waals surface area contributed by atoms with Gasteiger partial charge in [-0.05, 0) is 56.0 Å². The number of carbonyl (C=O) groups excluding carboxylic acids is 1. The summed E-state index contributed by atoms with van der Waals surface area (Å²) in [5.74, 6) is 1.10. The fourth-order valence-electron chi connectivity index (χ4n) is 3.69. The van der Waals surface area contributed by atoms with Gasteiger partial charge < -0.3 is 14.8 Å². The van der Waals surface area contributed by atoms with Gasteiger partial charge in [0.05, 0.1) is 12.3 Å². The average molecular weight is 422 g/mol. The van der Waals surface area contributed by atoms with Gasteiger partial charge in [0.25, 0.3) is 0 Å². The molecule has 0 bridgehead atoms. The summed E-state index contributed by atoms with van der Waals surface area (Å²) < 4.78 is 2.05. The molecule has 1 fully saturated rings. The van der Waals surface area contributed by atoms with Gasteiger partial charge in [-0.1, -0.05) is 42.1 Å². The predicted molar refractivity (Wildman–Crippen MR) is 122 cm³/mol. The quantitative estimate of drug-likeness (QED) is 0.577. The van der Waals surface area contributed by atoms with Crippen molar-refractivity contribution >= 4 is 29.0 Å². The molecule has 0 spiro atoms. The molecule has 4 rings (SSSR count). The van der Waals surface area contributed by atoms with Crippen molar-refractivity contribution in [2.75, 3.05) is 29.1 Å². The minimum absolute atomic E-state index is 0.0380. The number of anilines is 2. The van der Waals surface area contributed by atoms with E-state index in [0.717, 1.165) is 35.3 Å². The first-order valence-electron chi connectivity index (χ1n) is 10.3. The van der Waals surface area contributed by atoms with Crippen molar-refractivity contribution in [3.05, 3.63) is 65.5 Å². The van der Waals surface area contributed by atoms with Crippen LogP contribution in [0.25, 0.3) is 0 Å². The second-order valence-electron chi connectivity index (χ2n) is 7.63. The lowest BCUT2D eigenvalue weighted by Crippen LogP contribution is -2.18. The Balaban J connectivity index is 1.36. The second-order valence-corrected chi connectivity index (χ2v) is 8.57. The lowest BCUT2D eigenvalue weighted by molar-refractivity contribution is -0.113. The molecule has 3 aromatic rings. The Morgan fingerprint density at radius 1 is 1.07 bits per heavy atom. The van der Waals surface area contributed by atoms with Crippen molar-refractivity contribution in [1.29, 1.82) is 0 Å². The van der Waals surface area contributed by atoms with Crippen LogP contribution in [0.5, 0.6) is 0 Å². The van der Waals surface area contributed by atoms with Crippen LogP contribution in [-0.4, -0.2) is 39.5 Å². The summed E-state index contributed by atoms with van der Waals surface area (Å²) in [6, 6.07) is 16.5. The molecule has 0 atom stereocenters. The molecule has 1 amide bonds. The zero-order chi connectivity index (χ0) is 20.9. The highest BCUT2D eigenvalue weighted by Gasteiger charge is 2.15. The summed E-state index contributed by atoms with van der Waals surface area (Å²) in [6.07, 6.45) is 2.51. The molecule has 0 unspecified atom stereocenters. The molecule has 1 aliphatic heterocycles. The van der Waals surface area contributed by atoms with Crippen molar-refractivity contribution < 1.29 is 4.79 Å². The summed E-state index contributed by atoms with van der Waals surface area (Å²) in [5, 5.41) is 12.2. The number of hydrogen-bond donors (Lipinski definition) is 1. The fraction of sp³-hybridized carbons (Fsp3) is 0.348. The molecule has 1 N–H and O–H groups in total. The van der Waals surface area contributed by atoms with Gasteiger partial charge in [-0.2, -0.15) is 0 Å². The molecule has 7 heteroatoms. The smallest absolute Gasteiger partial charge is 0.234 e. The fourth-order valence-corrected chi connectivity index (χ4v) is 4.48. The third-order valence-corrected chi connectivity index (χ3v) is 6.34. The molecule has 1 saturated heterocycles. The number of aromatic nitrogens is 3. The number of aryl methyl sites for hydroxylation is 2. The highest BCUT2D eigenvalue weighted by atomic mass is 32.2. The van der Waals surface area contributed by atoms with Gasteiger partial charge in [-0.15, -0.1) is 10.2 Å². The van der Waals surface area contributed by atoms with Crippen molar-refractivity contribution in [2.24, 2.45) is 0 Å². The van der Waals surface area contributed by atoms with Gasteiger partial charge in [0, 0.05) is 24.5 Å². The maximum absolute atomic E-state index is 12.6. The number of carbonyl (C=O) groups is 1. The van der Waals surface area contributed by atoms with Gasteiger partial charge in [-0.25, -0.2) is 0 Å². The minimum atomic E-state index is -0.0380. The van der Waals surface area contributed by atoms with Crippen LogP contribution in [0.15, 0.2) is 53.7 Å². The first kappa shape index (κ1) is 20.5. The summed E-state index contributed by atoms with van der Waals surface area (Å²) in [7, 11) is 0. The summed E-state index contributed by atoms with van der Waals surface area (Å²) >= 11 is 1.41. The van der Waals surface area contributed by atoms with Crippen molar-refractivity contribution in [2.45, 2.75) is 38.4 Å². The molecule has 0 radical (unpaired) electrons. The van der Waals surface area contributed by atoms with Crippen LogP contribution < -0.4 is 10.2 Å². The molecule has 0 saturated carbocycles. The van der Waals surface area contributed by atoms with Crippen LogP contribution in [0.4, 0.5) is 11.4 Å². The van der Waals surface area contributed by atoms with E-state index >= 15 is 0 Å². The molecule has 2 heterocycles. The first-order valence-corrected chi connectivity index (χ1v) is 11.3. The maximum atomic E-state index is 12.6.